The number of halogens is 1. The highest BCUT2D eigenvalue weighted by molar-refractivity contribution is 14.0. The van der Waals surface area contributed by atoms with Crippen molar-refractivity contribution in [1.82, 2.24) is 10.6 Å². The molecule has 1 saturated carbocycles. The van der Waals surface area contributed by atoms with Gasteiger partial charge in [-0.3, -0.25) is 4.99 Å². The number of hydrogen-bond acceptors (Lipinski definition) is 2. The van der Waals surface area contributed by atoms with Crippen LogP contribution < -0.4 is 15.4 Å². The first-order chi connectivity index (χ1) is 9.81. The molecule has 0 atom stereocenters. The van der Waals surface area contributed by atoms with Gasteiger partial charge in [-0.1, -0.05) is 12.1 Å². The normalized spacial score (nSPS) is 14.3. The molecular weight excluding hydrogens is 377 g/mol. The fraction of sp³-hybridized carbons (Fsp3) is 0.562. The maximum Gasteiger partial charge on any atom is 0.191 e. The molecule has 0 bridgehead atoms. The van der Waals surface area contributed by atoms with Crippen molar-refractivity contribution in [3.05, 3.63) is 29.8 Å². The number of methoxy groups -OCH3 is 1. The molecule has 4 nitrogen and oxygen atoms in total. The molecule has 5 heteroatoms. The number of hydrogen-bond donors (Lipinski definition) is 2. The zero-order valence-electron chi connectivity index (χ0n) is 12.9. The zero-order chi connectivity index (χ0) is 14.2. The van der Waals surface area contributed by atoms with Crippen LogP contribution in [0, 0.1) is 5.92 Å². The third-order valence-corrected chi connectivity index (χ3v) is 3.41. The van der Waals surface area contributed by atoms with E-state index >= 15 is 0 Å². The summed E-state index contributed by atoms with van der Waals surface area (Å²) in [5.74, 6) is 2.67. The highest BCUT2D eigenvalue weighted by Gasteiger charge is 2.20. The van der Waals surface area contributed by atoms with E-state index in [9.17, 15) is 0 Å². The summed E-state index contributed by atoms with van der Waals surface area (Å²) in [6.45, 7) is 4.84. The van der Waals surface area contributed by atoms with Gasteiger partial charge >= 0.3 is 0 Å². The minimum Gasteiger partial charge on any atom is -0.497 e. The predicted octanol–water partition coefficient (Wildman–Crippen LogP) is 2.82. The quantitative estimate of drug-likeness (QED) is 0.418. The third-order valence-electron chi connectivity index (χ3n) is 3.41. The summed E-state index contributed by atoms with van der Waals surface area (Å²) in [5.41, 5.74) is 1.30. The van der Waals surface area contributed by atoms with Gasteiger partial charge in [0.15, 0.2) is 5.96 Å². The first kappa shape index (κ1) is 18.1. The van der Waals surface area contributed by atoms with E-state index in [-0.39, 0.29) is 24.0 Å². The number of nitrogens with zero attached hydrogens (tertiary/aromatic N) is 1. The smallest absolute Gasteiger partial charge is 0.191 e. The summed E-state index contributed by atoms with van der Waals surface area (Å²) in [6.07, 6.45) is 3.67. The standard InChI is InChI=1S/C16H25N3O.HI/c1-3-17-16(19-12-14-4-5-14)18-11-10-13-6-8-15(20-2)9-7-13;/h6-9,14H,3-5,10-12H2,1-2H3,(H2,17,18,19);1H. The minimum absolute atomic E-state index is 0. The lowest BCUT2D eigenvalue weighted by Gasteiger charge is -2.11. The van der Waals surface area contributed by atoms with Crippen molar-refractivity contribution < 1.29 is 4.74 Å². The maximum atomic E-state index is 5.16. The Bertz CT molecular complexity index is 430. The lowest BCUT2D eigenvalue weighted by Crippen LogP contribution is -2.38. The van der Waals surface area contributed by atoms with Crippen LogP contribution in [-0.2, 0) is 6.42 Å². The summed E-state index contributed by atoms with van der Waals surface area (Å²) < 4.78 is 5.16. The number of rotatable bonds is 7. The van der Waals surface area contributed by atoms with Crippen molar-refractivity contribution in [2.45, 2.75) is 26.2 Å². The number of aliphatic imine (C=N–C) groups is 1. The maximum absolute atomic E-state index is 5.16. The Hall–Kier alpha value is -0.980. The van der Waals surface area contributed by atoms with Crippen LogP contribution in [0.5, 0.6) is 5.75 Å². The molecule has 1 aromatic carbocycles. The number of ether oxygens (including phenoxy) is 1. The summed E-state index contributed by atoms with van der Waals surface area (Å²) >= 11 is 0. The molecule has 1 aliphatic rings. The first-order valence-electron chi connectivity index (χ1n) is 7.47. The summed E-state index contributed by atoms with van der Waals surface area (Å²) in [6, 6.07) is 8.22. The van der Waals surface area contributed by atoms with E-state index in [0.717, 1.165) is 43.7 Å². The second kappa shape index (κ2) is 9.87. The molecule has 118 valence electrons. The van der Waals surface area contributed by atoms with Crippen LogP contribution in [0.3, 0.4) is 0 Å². The van der Waals surface area contributed by atoms with Crippen molar-refractivity contribution in [2.75, 3.05) is 26.7 Å². The molecule has 0 unspecified atom stereocenters. The largest absolute Gasteiger partial charge is 0.497 e. The van der Waals surface area contributed by atoms with Crippen molar-refractivity contribution >= 4 is 29.9 Å². The van der Waals surface area contributed by atoms with Gasteiger partial charge in [0.25, 0.3) is 0 Å². The van der Waals surface area contributed by atoms with Crippen LogP contribution >= 0.6 is 24.0 Å². The van der Waals surface area contributed by atoms with Gasteiger partial charge in [0, 0.05) is 19.6 Å². The van der Waals surface area contributed by atoms with Crippen LogP contribution in [0.25, 0.3) is 0 Å². The molecule has 2 N–H and O–H groups in total. The van der Waals surface area contributed by atoms with Crippen LogP contribution in [0.15, 0.2) is 29.3 Å². The van der Waals surface area contributed by atoms with Gasteiger partial charge in [-0.15, -0.1) is 24.0 Å². The molecule has 1 aromatic rings. The lowest BCUT2D eigenvalue weighted by molar-refractivity contribution is 0.414. The second-order valence-electron chi connectivity index (χ2n) is 5.19. The van der Waals surface area contributed by atoms with E-state index in [1.165, 1.54) is 18.4 Å². The van der Waals surface area contributed by atoms with Crippen LogP contribution in [0.4, 0.5) is 0 Å². The van der Waals surface area contributed by atoms with Crippen molar-refractivity contribution in [3.8, 4) is 5.75 Å². The molecule has 2 rings (SSSR count). The highest BCUT2D eigenvalue weighted by Crippen LogP contribution is 2.28. The molecular formula is C16H26IN3O. The second-order valence-corrected chi connectivity index (χ2v) is 5.19. The highest BCUT2D eigenvalue weighted by atomic mass is 127. The Labute approximate surface area is 144 Å². The number of benzene rings is 1. The van der Waals surface area contributed by atoms with Crippen LogP contribution in [-0.4, -0.2) is 32.7 Å². The number of nitrogens with one attached hydrogen (secondary N) is 2. The van der Waals surface area contributed by atoms with E-state index < -0.39 is 0 Å². The van der Waals surface area contributed by atoms with Crippen molar-refractivity contribution in [1.29, 1.82) is 0 Å². The predicted molar refractivity (Wildman–Crippen MR) is 98.8 cm³/mol. The lowest BCUT2D eigenvalue weighted by atomic mass is 10.1. The average Bonchev–Trinajstić information content (AvgIpc) is 3.30. The molecule has 0 radical (unpaired) electrons. The fourth-order valence-electron chi connectivity index (χ4n) is 1.98. The van der Waals surface area contributed by atoms with E-state index in [2.05, 4.69) is 34.7 Å². The van der Waals surface area contributed by atoms with Crippen LogP contribution in [0.2, 0.25) is 0 Å². The molecule has 1 fully saturated rings. The molecule has 0 aromatic heterocycles. The first-order valence-corrected chi connectivity index (χ1v) is 7.47. The molecule has 0 heterocycles. The van der Waals surface area contributed by atoms with Gasteiger partial charge in [0.2, 0.25) is 0 Å². The Morgan fingerprint density at radius 2 is 1.95 bits per heavy atom. The molecule has 0 amide bonds. The molecule has 1 aliphatic carbocycles. The van der Waals surface area contributed by atoms with Gasteiger partial charge in [0.1, 0.15) is 5.75 Å². The Morgan fingerprint density at radius 1 is 1.24 bits per heavy atom. The summed E-state index contributed by atoms with van der Waals surface area (Å²) in [4.78, 5) is 4.61. The van der Waals surface area contributed by atoms with E-state index in [4.69, 9.17) is 4.74 Å². The van der Waals surface area contributed by atoms with Crippen molar-refractivity contribution in [2.24, 2.45) is 10.9 Å². The van der Waals surface area contributed by atoms with Crippen LogP contribution in [0.1, 0.15) is 25.3 Å². The Kier molecular flexibility index (Phi) is 8.49. The zero-order valence-corrected chi connectivity index (χ0v) is 15.2. The monoisotopic (exact) mass is 403 g/mol. The molecule has 0 saturated heterocycles. The van der Waals surface area contributed by atoms with Gasteiger partial charge in [-0.05, 0) is 49.8 Å². The minimum atomic E-state index is 0. The average molecular weight is 403 g/mol. The molecule has 0 spiro atoms. The molecule has 21 heavy (non-hydrogen) atoms. The van der Waals surface area contributed by atoms with Gasteiger partial charge < -0.3 is 15.4 Å². The van der Waals surface area contributed by atoms with Gasteiger partial charge in [0.05, 0.1) is 7.11 Å². The van der Waals surface area contributed by atoms with Gasteiger partial charge in [-0.25, -0.2) is 0 Å². The fourth-order valence-corrected chi connectivity index (χ4v) is 1.98. The van der Waals surface area contributed by atoms with E-state index in [1.54, 1.807) is 7.11 Å². The third kappa shape index (κ3) is 7.02. The Morgan fingerprint density at radius 3 is 2.52 bits per heavy atom. The topological polar surface area (TPSA) is 45.7 Å². The number of guanidine groups is 1. The van der Waals surface area contributed by atoms with Gasteiger partial charge in [-0.2, -0.15) is 0 Å². The SMILES string of the molecule is CCNC(=NCC1CC1)NCCc1ccc(OC)cc1.I. The summed E-state index contributed by atoms with van der Waals surface area (Å²) in [5, 5.41) is 6.68. The van der Waals surface area contributed by atoms with E-state index in [1.807, 2.05) is 12.1 Å². The van der Waals surface area contributed by atoms with E-state index in [0.29, 0.717) is 0 Å². The van der Waals surface area contributed by atoms with Crippen molar-refractivity contribution in [3.63, 3.8) is 0 Å². The molecule has 0 aliphatic heterocycles. The summed E-state index contributed by atoms with van der Waals surface area (Å²) in [7, 11) is 1.69. The Balaban J connectivity index is 0.00000220.